The molecule has 1 amide bonds. The number of allylic oxidation sites excluding steroid dienone is 5. The number of quaternary nitrogens is 1. The van der Waals surface area contributed by atoms with Gasteiger partial charge in [0.15, 0.2) is 0 Å². The summed E-state index contributed by atoms with van der Waals surface area (Å²) in [7, 11) is 1.19. The molecule has 0 rings (SSSR count). The summed E-state index contributed by atoms with van der Waals surface area (Å²) in [6.07, 6.45) is 62.5. The van der Waals surface area contributed by atoms with Gasteiger partial charge in [-0.15, -0.1) is 0 Å². The molecule has 0 aliphatic rings. The SMILES string of the molecule is CCCCCCCC/C=C\CCCCCC(=O)OC(/C=C\CCCCCCCCCCCC)C(COP(=O)([O-])OCC[N+](C)(C)C)NC(=O)CCCCCCCCCCCCC/C=C/CCCCCCCC. The predicted octanol–water partition coefficient (Wildman–Crippen LogP) is 18.1. The van der Waals surface area contributed by atoms with Gasteiger partial charge in [0.25, 0.3) is 7.82 Å². The van der Waals surface area contributed by atoms with Crippen molar-refractivity contribution < 1.29 is 37.3 Å². The zero-order valence-electron chi connectivity index (χ0n) is 48.4. The van der Waals surface area contributed by atoms with Gasteiger partial charge in [-0.2, -0.15) is 0 Å². The highest BCUT2D eigenvalue weighted by Gasteiger charge is 2.27. The van der Waals surface area contributed by atoms with Gasteiger partial charge in [0, 0.05) is 12.8 Å². The van der Waals surface area contributed by atoms with Gasteiger partial charge >= 0.3 is 5.97 Å². The van der Waals surface area contributed by atoms with Crippen molar-refractivity contribution in [1.82, 2.24) is 5.32 Å². The highest BCUT2D eigenvalue weighted by atomic mass is 31.2. The standard InChI is InChI=1S/C62H119N2O7P/c1-7-10-13-16-19-22-25-28-29-30-31-32-33-34-35-37-39-42-45-48-51-54-61(65)63-59(58-70-72(67,68)69-57-56-64(4,5)6)60(53-50-47-44-41-38-27-24-21-18-15-12-9-3)71-62(66)55-52-49-46-43-40-36-26-23-20-17-14-11-8-2/h28-29,36,40,50,53,59-60H,7-27,30-35,37-39,41-49,51-52,54-58H2,1-6H3,(H-,63,65,67,68)/b29-28+,40-36-,53-50-. The van der Waals surface area contributed by atoms with E-state index in [2.05, 4.69) is 50.4 Å². The Hall–Kier alpha value is -1.77. The van der Waals surface area contributed by atoms with Crippen molar-refractivity contribution in [2.24, 2.45) is 0 Å². The van der Waals surface area contributed by atoms with Gasteiger partial charge in [0.05, 0.1) is 33.8 Å². The monoisotopic (exact) mass is 1030 g/mol. The van der Waals surface area contributed by atoms with Gasteiger partial charge in [0.2, 0.25) is 5.91 Å². The Morgan fingerprint density at radius 3 is 1.19 bits per heavy atom. The number of ether oxygens (including phenoxy) is 1. The number of nitrogens with one attached hydrogen (secondary N) is 1. The van der Waals surface area contributed by atoms with E-state index >= 15 is 0 Å². The summed E-state index contributed by atoms with van der Waals surface area (Å²) >= 11 is 0. The Balaban J connectivity index is 5.20. The van der Waals surface area contributed by atoms with Gasteiger partial charge in [-0.3, -0.25) is 14.2 Å². The van der Waals surface area contributed by atoms with Crippen LogP contribution in [0.2, 0.25) is 0 Å². The molecule has 0 spiro atoms. The number of phosphoric acid groups is 1. The van der Waals surface area contributed by atoms with Crippen LogP contribution >= 0.6 is 7.82 Å². The first-order valence-corrected chi connectivity index (χ1v) is 32.3. The topological polar surface area (TPSA) is 114 Å². The zero-order valence-corrected chi connectivity index (χ0v) is 49.3. The molecular formula is C62H119N2O7P. The Morgan fingerprint density at radius 2 is 0.806 bits per heavy atom. The summed E-state index contributed by atoms with van der Waals surface area (Å²) in [4.78, 5) is 39.9. The van der Waals surface area contributed by atoms with Crippen LogP contribution in [0.1, 0.15) is 297 Å². The highest BCUT2D eigenvalue weighted by Crippen LogP contribution is 2.38. The van der Waals surface area contributed by atoms with Gasteiger partial charge in [-0.1, -0.05) is 237 Å². The predicted molar refractivity (Wildman–Crippen MR) is 307 cm³/mol. The van der Waals surface area contributed by atoms with Gasteiger partial charge in [-0.05, 0) is 83.1 Å². The maximum atomic E-state index is 13.5. The van der Waals surface area contributed by atoms with Crippen molar-refractivity contribution in [1.29, 1.82) is 0 Å². The molecule has 1 N–H and O–H groups in total. The van der Waals surface area contributed by atoms with E-state index in [4.69, 9.17) is 13.8 Å². The van der Waals surface area contributed by atoms with Gasteiger partial charge in [-0.25, -0.2) is 0 Å². The van der Waals surface area contributed by atoms with Crippen LogP contribution in [-0.4, -0.2) is 69.4 Å². The highest BCUT2D eigenvalue weighted by molar-refractivity contribution is 7.45. The molecule has 0 aliphatic heterocycles. The van der Waals surface area contributed by atoms with Crippen molar-refractivity contribution in [3.8, 4) is 0 Å². The summed E-state index contributed by atoms with van der Waals surface area (Å²) < 4.78 is 30.3. The van der Waals surface area contributed by atoms with Crippen molar-refractivity contribution in [2.45, 2.75) is 309 Å². The van der Waals surface area contributed by atoms with E-state index < -0.39 is 26.6 Å². The number of esters is 1. The largest absolute Gasteiger partial charge is 0.756 e. The number of hydrogen-bond acceptors (Lipinski definition) is 7. The molecule has 0 aromatic rings. The second-order valence-corrected chi connectivity index (χ2v) is 23.6. The summed E-state index contributed by atoms with van der Waals surface area (Å²) in [5.74, 6) is -0.551. The number of likely N-dealkylation sites (N-methyl/N-ethyl adjacent to an activating group) is 1. The summed E-state index contributed by atoms with van der Waals surface area (Å²) in [5, 5.41) is 3.03. The molecule has 9 nitrogen and oxygen atoms in total. The molecule has 0 fully saturated rings. The first kappa shape index (κ1) is 70.2. The van der Waals surface area contributed by atoms with Crippen LogP contribution in [0.4, 0.5) is 0 Å². The number of unbranched alkanes of at least 4 members (excludes halogenated alkanes) is 36. The molecule has 72 heavy (non-hydrogen) atoms. The molecule has 0 aromatic carbocycles. The summed E-state index contributed by atoms with van der Waals surface area (Å²) in [5.41, 5.74) is 0. The molecule has 0 aliphatic carbocycles. The fourth-order valence-corrected chi connectivity index (χ4v) is 9.71. The lowest BCUT2D eigenvalue weighted by Crippen LogP contribution is -2.47. The number of carbonyl (C=O) groups is 2. The molecular weight excluding hydrogens is 916 g/mol. The van der Waals surface area contributed by atoms with Crippen molar-refractivity contribution in [2.75, 3.05) is 40.9 Å². The van der Waals surface area contributed by atoms with Crippen LogP contribution in [0.15, 0.2) is 36.5 Å². The molecule has 0 saturated carbocycles. The molecule has 424 valence electrons. The maximum absolute atomic E-state index is 13.5. The second kappa shape index (κ2) is 52.7. The van der Waals surface area contributed by atoms with E-state index in [1.165, 1.54) is 193 Å². The lowest BCUT2D eigenvalue weighted by atomic mass is 10.0. The minimum atomic E-state index is -4.70. The number of hydrogen-bond donors (Lipinski definition) is 1. The smallest absolute Gasteiger partial charge is 0.306 e. The third-order valence-electron chi connectivity index (χ3n) is 13.8. The number of rotatable bonds is 56. The Kier molecular flexibility index (Phi) is 51.4. The van der Waals surface area contributed by atoms with Crippen molar-refractivity contribution in [3.05, 3.63) is 36.5 Å². The third-order valence-corrected chi connectivity index (χ3v) is 14.8. The van der Waals surface area contributed by atoms with E-state index in [-0.39, 0.29) is 24.9 Å². The van der Waals surface area contributed by atoms with E-state index in [0.717, 1.165) is 64.2 Å². The van der Waals surface area contributed by atoms with Crippen LogP contribution < -0.4 is 10.2 Å². The van der Waals surface area contributed by atoms with Crippen LogP contribution in [-0.2, 0) is 27.9 Å². The quantitative estimate of drug-likeness (QED) is 0.0212. The van der Waals surface area contributed by atoms with Crippen LogP contribution in [0, 0.1) is 0 Å². The number of amides is 1. The number of nitrogens with zero attached hydrogens (tertiary/aromatic N) is 1. The van der Waals surface area contributed by atoms with E-state index in [9.17, 15) is 19.0 Å². The first-order valence-electron chi connectivity index (χ1n) is 30.8. The first-order chi connectivity index (χ1) is 34.9. The Labute approximate surface area is 446 Å². The molecule has 0 radical (unpaired) electrons. The van der Waals surface area contributed by atoms with Crippen molar-refractivity contribution in [3.63, 3.8) is 0 Å². The summed E-state index contributed by atoms with van der Waals surface area (Å²) in [6.45, 7) is 6.84. The molecule has 0 aromatic heterocycles. The maximum Gasteiger partial charge on any atom is 0.306 e. The van der Waals surface area contributed by atoms with E-state index in [1.807, 2.05) is 33.3 Å². The van der Waals surface area contributed by atoms with E-state index in [0.29, 0.717) is 23.9 Å². The average molecular weight is 1040 g/mol. The van der Waals surface area contributed by atoms with Crippen LogP contribution in [0.5, 0.6) is 0 Å². The van der Waals surface area contributed by atoms with Gasteiger partial charge in [0.1, 0.15) is 19.3 Å². The summed E-state index contributed by atoms with van der Waals surface area (Å²) in [6, 6.07) is -0.891. The lowest BCUT2D eigenvalue weighted by molar-refractivity contribution is -0.870. The third kappa shape index (κ3) is 53.1. The molecule has 3 atom stereocenters. The minimum Gasteiger partial charge on any atom is -0.756 e. The fourth-order valence-electron chi connectivity index (χ4n) is 8.98. The Morgan fingerprint density at radius 1 is 0.472 bits per heavy atom. The van der Waals surface area contributed by atoms with Gasteiger partial charge < -0.3 is 28.5 Å². The Bertz CT molecular complexity index is 1330. The zero-order chi connectivity index (χ0) is 52.9. The number of phosphoric ester groups is 1. The molecule has 3 unspecified atom stereocenters. The lowest BCUT2D eigenvalue weighted by Gasteiger charge is -2.30. The molecule has 0 saturated heterocycles. The fraction of sp³-hybridized carbons (Fsp3) is 0.871. The second-order valence-electron chi connectivity index (χ2n) is 22.2. The number of carbonyl (C=O) groups excluding carboxylic acids is 2. The minimum absolute atomic E-state index is 0.0229. The van der Waals surface area contributed by atoms with E-state index in [1.54, 1.807) is 0 Å². The van der Waals surface area contributed by atoms with Crippen LogP contribution in [0.25, 0.3) is 0 Å². The van der Waals surface area contributed by atoms with Crippen LogP contribution in [0.3, 0.4) is 0 Å². The average Bonchev–Trinajstić information content (AvgIpc) is 3.34. The molecule has 10 heteroatoms. The normalized spacial score (nSPS) is 13.9. The van der Waals surface area contributed by atoms with Crippen molar-refractivity contribution >= 4 is 19.7 Å². The molecule has 0 bridgehead atoms. The molecule has 0 heterocycles.